The van der Waals surface area contributed by atoms with Gasteiger partial charge in [0.2, 0.25) is 0 Å². The quantitative estimate of drug-likeness (QED) is 0.796. The van der Waals surface area contributed by atoms with Gasteiger partial charge in [0.05, 0.1) is 11.2 Å². The summed E-state index contributed by atoms with van der Waals surface area (Å²) in [6.07, 6.45) is 0. The van der Waals surface area contributed by atoms with Gasteiger partial charge < -0.3 is 10.8 Å². The van der Waals surface area contributed by atoms with E-state index >= 15 is 0 Å². The molecule has 0 amide bonds. The number of nitrogens with zero attached hydrogens (tertiary/aromatic N) is 2. The molecule has 0 fully saturated rings. The van der Waals surface area contributed by atoms with E-state index in [-0.39, 0.29) is 6.54 Å². The predicted octanol–water partition coefficient (Wildman–Crippen LogP) is 0.700. The lowest BCUT2D eigenvalue weighted by molar-refractivity contribution is -0.138. The minimum Gasteiger partial charge on any atom is -0.481 e. The number of aryl methyl sites for hydroxylation is 1. The zero-order chi connectivity index (χ0) is 11.7. The van der Waals surface area contributed by atoms with Crippen LogP contribution < -0.4 is 5.73 Å². The number of carboxylic acids is 1. The van der Waals surface area contributed by atoms with Crippen LogP contribution in [0, 0.1) is 0 Å². The number of para-hydroxylation sites is 1. The Kier molecular flexibility index (Phi) is 2.62. The SMILES string of the molecule is Cn1nc(C(CN)C(=O)O)c2ccccc21. The average molecular weight is 219 g/mol. The number of hydrogen-bond acceptors (Lipinski definition) is 3. The molecule has 5 heteroatoms. The number of benzene rings is 1. The van der Waals surface area contributed by atoms with Crippen molar-refractivity contribution in [2.45, 2.75) is 5.92 Å². The van der Waals surface area contributed by atoms with Gasteiger partial charge in [0.15, 0.2) is 0 Å². The second kappa shape index (κ2) is 3.94. The summed E-state index contributed by atoms with van der Waals surface area (Å²) in [4.78, 5) is 11.1. The molecule has 1 atom stereocenters. The zero-order valence-corrected chi connectivity index (χ0v) is 8.92. The Morgan fingerprint density at radius 3 is 2.88 bits per heavy atom. The third-order valence-corrected chi connectivity index (χ3v) is 2.65. The normalized spacial score (nSPS) is 12.9. The minimum atomic E-state index is -0.939. The Labute approximate surface area is 92.5 Å². The molecule has 0 aliphatic heterocycles. The van der Waals surface area contributed by atoms with Crippen LogP contribution in [0.25, 0.3) is 10.9 Å². The van der Waals surface area contributed by atoms with Gasteiger partial charge in [-0.25, -0.2) is 0 Å². The molecule has 5 nitrogen and oxygen atoms in total. The molecule has 0 spiro atoms. The lowest BCUT2D eigenvalue weighted by Gasteiger charge is -2.06. The molecule has 2 aromatic rings. The van der Waals surface area contributed by atoms with E-state index in [1.165, 1.54) is 0 Å². The fourth-order valence-corrected chi connectivity index (χ4v) is 1.83. The highest BCUT2D eigenvalue weighted by Crippen LogP contribution is 2.24. The first-order chi connectivity index (χ1) is 7.65. The molecule has 1 unspecified atom stereocenters. The van der Waals surface area contributed by atoms with E-state index in [9.17, 15) is 4.79 Å². The van der Waals surface area contributed by atoms with Crippen LogP contribution >= 0.6 is 0 Å². The summed E-state index contributed by atoms with van der Waals surface area (Å²) in [5.74, 6) is -1.68. The number of nitrogens with two attached hydrogens (primary N) is 1. The Morgan fingerprint density at radius 1 is 1.56 bits per heavy atom. The largest absolute Gasteiger partial charge is 0.481 e. The van der Waals surface area contributed by atoms with Gasteiger partial charge in [-0.2, -0.15) is 5.10 Å². The summed E-state index contributed by atoms with van der Waals surface area (Å²) in [6.45, 7) is 0.0519. The molecular weight excluding hydrogens is 206 g/mol. The summed E-state index contributed by atoms with van der Waals surface area (Å²) in [6, 6.07) is 7.53. The van der Waals surface area contributed by atoms with Gasteiger partial charge >= 0.3 is 5.97 Å². The highest BCUT2D eigenvalue weighted by atomic mass is 16.4. The maximum absolute atomic E-state index is 11.1. The predicted molar refractivity (Wildman–Crippen MR) is 60.1 cm³/mol. The second-order valence-electron chi connectivity index (χ2n) is 3.65. The number of rotatable bonds is 3. The molecule has 16 heavy (non-hydrogen) atoms. The number of aliphatic carboxylic acids is 1. The number of fused-ring (bicyclic) bond motifs is 1. The number of hydrogen-bond donors (Lipinski definition) is 2. The molecule has 3 N–H and O–H groups in total. The standard InChI is InChI=1S/C11H13N3O2/c1-14-9-5-3-2-4-7(9)10(13-14)8(6-12)11(15)16/h2-5,8H,6,12H2,1H3,(H,15,16). The van der Waals surface area contributed by atoms with Crippen molar-refractivity contribution >= 4 is 16.9 Å². The van der Waals surface area contributed by atoms with E-state index in [2.05, 4.69) is 5.10 Å². The van der Waals surface area contributed by atoms with E-state index in [0.29, 0.717) is 5.69 Å². The number of aromatic nitrogens is 2. The summed E-state index contributed by atoms with van der Waals surface area (Å²) >= 11 is 0. The number of carbonyl (C=O) groups is 1. The Morgan fingerprint density at radius 2 is 2.25 bits per heavy atom. The first-order valence-corrected chi connectivity index (χ1v) is 4.99. The first kappa shape index (κ1) is 10.6. The third kappa shape index (κ3) is 1.55. The lowest BCUT2D eigenvalue weighted by atomic mass is 10.0. The molecule has 0 aliphatic carbocycles. The molecule has 0 saturated heterocycles. The van der Waals surface area contributed by atoms with Crippen LogP contribution in [0.15, 0.2) is 24.3 Å². The van der Waals surface area contributed by atoms with Crippen LogP contribution in [0.1, 0.15) is 11.6 Å². The van der Waals surface area contributed by atoms with Gasteiger partial charge in [-0.3, -0.25) is 9.48 Å². The zero-order valence-electron chi connectivity index (χ0n) is 8.92. The molecule has 84 valence electrons. The van der Waals surface area contributed by atoms with Gasteiger partial charge in [-0.05, 0) is 6.07 Å². The Hall–Kier alpha value is -1.88. The van der Waals surface area contributed by atoms with Crippen LogP contribution in [-0.4, -0.2) is 27.4 Å². The maximum atomic E-state index is 11.1. The highest BCUT2D eigenvalue weighted by Gasteiger charge is 2.23. The van der Waals surface area contributed by atoms with Gasteiger partial charge in [0.1, 0.15) is 5.92 Å². The fraction of sp³-hybridized carbons (Fsp3) is 0.273. The molecule has 0 radical (unpaired) electrons. The second-order valence-corrected chi connectivity index (χ2v) is 3.65. The summed E-state index contributed by atoms with van der Waals surface area (Å²) in [5.41, 5.74) is 6.93. The van der Waals surface area contributed by atoms with Crippen molar-refractivity contribution in [3.8, 4) is 0 Å². The molecule has 0 saturated carbocycles. The van der Waals surface area contributed by atoms with E-state index in [1.54, 1.807) is 11.7 Å². The molecular formula is C11H13N3O2. The summed E-state index contributed by atoms with van der Waals surface area (Å²) in [5, 5.41) is 14.2. The topological polar surface area (TPSA) is 81.1 Å². The molecule has 0 aliphatic rings. The van der Waals surface area contributed by atoms with Crippen molar-refractivity contribution in [1.82, 2.24) is 9.78 Å². The van der Waals surface area contributed by atoms with Crippen LogP contribution in [0.3, 0.4) is 0 Å². The van der Waals surface area contributed by atoms with Gasteiger partial charge in [0.25, 0.3) is 0 Å². The van der Waals surface area contributed by atoms with Gasteiger partial charge in [-0.15, -0.1) is 0 Å². The lowest BCUT2D eigenvalue weighted by Crippen LogP contribution is -2.21. The van der Waals surface area contributed by atoms with Crippen molar-refractivity contribution < 1.29 is 9.90 Å². The van der Waals surface area contributed by atoms with Crippen molar-refractivity contribution in [3.05, 3.63) is 30.0 Å². The summed E-state index contributed by atoms with van der Waals surface area (Å²) in [7, 11) is 1.79. The van der Waals surface area contributed by atoms with Gasteiger partial charge in [0, 0.05) is 19.0 Å². The number of carboxylic acid groups (broad SMARTS) is 1. The minimum absolute atomic E-state index is 0.0519. The van der Waals surface area contributed by atoms with Crippen molar-refractivity contribution in [3.63, 3.8) is 0 Å². The van der Waals surface area contributed by atoms with Crippen LogP contribution in [0.2, 0.25) is 0 Å². The highest BCUT2D eigenvalue weighted by molar-refractivity contribution is 5.88. The third-order valence-electron chi connectivity index (χ3n) is 2.65. The van der Waals surface area contributed by atoms with E-state index < -0.39 is 11.9 Å². The van der Waals surface area contributed by atoms with Crippen LogP contribution in [0.4, 0.5) is 0 Å². The molecule has 2 rings (SSSR count). The molecule has 0 bridgehead atoms. The fourth-order valence-electron chi connectivity index (χ4n) is 1.83. The van der Waals surface area contributed by atoms with Crippen LogP contribution in [-0.2, 0) is 11.8 Å². The van der Waals surface area contributed by atoms with Gasteiger partial charge in [-0.1, -0.05) is 18.2 Å². The molecule has 1 aromatic carbocycles. The van der Waals surface area contributed by atoms with E-state index in [1.807, 2.05) is 24.3 Å². The monoisotopic (exact) mass is 219 g/mol. The maximum Gasteiger partial charge on any atom is 0.313 e. The average Bonchev–Trinajstić information content (AvgIpc) is 2.58. The molecule has 1 aromatic heterocycles. The first-order valence-electron chi connectivity index (χ1n) is 4.99. The van der Waals surface area contributed by atoms with Crippen molar-refractivity contribution in [2.24, 2.45) is 12.8 Å². The smallest absolute Gasteiger partial charge is 0.313 e. The van der Waals surface area contributed by atoms with Crippen molar-refractivity contribution in [1.29, 1.82) is 0 Å². The Balaban J connectivity index is 2.64. The van der Waals surface area contributed by atoms with Crippen molar-refractivity contribution in [2.75, 3.05) is 6.54 Å². The van der Waals surface area contributed by atoms with E-state index in [4.69, 9.17) is 10.8 Å². The van der Waals surface area contributed by atoms with Crippen LogP contribution in [0.5, 0.6) is 0 Å². The Bertz CT molecular complexity index is 533. The molecule has 1 heterocycles. The summed E-state index contributed by atoms with van der Waals surface area (Å²) < 4.78 is 1.68. The van der Waals surface area contributed by atoms with E-state index in [0.717, 1.165) is 10.9 Å².